The molecule has 1 heterocycles. The molecule has 0 fully saturated rings. The van der Waals surface area contributed by atoms with Crippen LogP contribution < -0.4 is 10.8 Å². The normalized spacial score (nSPS) is 11.3. The summed E-state index contributed by atoms with van der Waals surface area (Å²) in [6.45, 7) is 1.87. The van der Waals surface area contributed by atoms with Crippen LogP contribution in [-0.4, -0.2) is 17.0 Å². The van der Waals surface area contributed by atoms with Crippen LogP contribution in [0, 0.1) is 0 Å². The lowest BCUT2D eigenvalue weighted by atomic mass is 10.2. The van der Waals surface area contributed by atoms with E-state index >= 15 is 0 Å². The third kappa shape index (κ3) is 3.77. The van der Waals surface area contributed by atoms with E-state index in [1.54, 1.807) is 35.8 Å². The van der Waals surface area contributed by atoms with E-state index in [1.807, 2.05) is 19.1 Å². The fourth-order valence-corrected chi connectivity index (χ4v) is 2.66. The van der Waals surface area contributed by atoms with Gasteiger partial charge in [-0.3, -0.25) is 14.8 Å². The smallest absolute Gasteiger partial charge is 0.284 e. The first-order valence-electron chi connectivity index (χ1n) is 6.22. The molecule has 1 aromatic heterocycles. The predicted octanol–water partition coefficient (Wildman–Crippen LogP) is 3.09. The van der Waals surface area contributed by atoms with Gasteiger partial charge in [-0.15, -0.1) is 11.3 Å². The van der Waals surface area contributed by atoms with Crippen LogP contribution in [0.1, 0.15) is 16.6 Å². The van der Waals surface area contributed by atoms with E-state index in [2.05, 4.69) is 5.32 Å². The number of carbonyl (C=O) groups excluding carboxylic acids is 2. The SMILES string of the molecule is C/C=C/C=C/C(=O)Nc1ccc2sc(C(=O)NO)cc2c1. The number of allylic oxidation sites excluding steroid dienone is 3. The summed E-state index contributed by atoms with van der Waals surface area (Å²) in [5.74, 6) is -0.771. The largest absolute Gasteiger partial charge is 0.322 e. The fourth-order valence-electron chi connectivity index (χ4n) is 1.73. The van der Waals surface area contributed by atoms with Crippen molar-refractivity contribution in [1.82, 2.24) is 5.48 Å². The highest BCUT2D eigenvalue weighted by Crippen LogP contribution is 2.28. The second-order valence-electron chi connectivity index (χ2n) is 4.18. The standard InChI is InChI=1S/C15H14N2O3S/c1-2-3-4-5-14(18)16-11-6-7-12-10(8-11)9-13(21-12)15(19)17-20/h2-9,20H,1H3,(H,16,18)(H,17,19)/b3-2+,5-4+. The lowest BCUT2D eigenvalue weighted by molar-refractivity contribution is -0.111. The summed E-state index contributed by atoms with van der Waals surface area (Å²) in [5.41, 5.74) is 2.25. The van der Waals surface area contributed by atoms with Crippen LogP contribution >= 0.6 is 11.3 Å². The molecule has 1 aromatic carbocycles. The van der Waals surface area contributed by atoms with Gasteiger partial charge in [-0.2, -0.15) is 0 Å². The molecule has 0 aliphatic carbocycles. The molecule has 2 amide bonds. The fraction of sp³-hybridized carbons (Fsp3) is 0.0667. The minimum atomic E-state index is -0.545. The molecule has 2 aromatic rings. The lowest BCUT2D eigenvalue weighted by Crippen LogP contribution is -2.16. The summed E-state index contributed by atoms with van der Waals surface area (Å²) in [4.78, 5) is 23.4. The summed E-state index contributed by atoms with van der Waals surface area (Å²) in [6.07, 6.45) is 6.68. The Morgan fingerprint density at radius 3 is 2.76 bits per heavy atom. The number of hydrogen-bond acceptors (Lipinski definition) is 4. The number of hydroxylamine groups is 1. The van der Waals surface area contributed by atoms with Gasteiger partial charge in [-0.05, 0) is 36.6 Å². The molecule has 21 heavy (non-hydrogen) atoms. The van der Waals surface area contributed by atoms with Gasteiger partial charge in [0, 0.05) is 16.5 Å². The molecule has 0 bridgehead atoms. The van der Waals surface area contributed by atoms with E-state index < -0.39 is 5.91 Å². The van der Waals surface area contributed by atoms with Gasteiger partial charge in [-0.1, -0.05) is 18.2 Å². The molecule has 108 valence electrons. The molecule has 0 radical (unpaired) electrons. The number of hydrogen-bond donors (Lipinski definition) is 3. The molecule has 0 atom stereocenters. The minimum Gasteiger partial charge on any atom is -0.322 e. The van der Waals surface area contributed by atoms with Crippen LogP contribution in [0.25, 0.3) is 10.1 Å². The van der Waals surface area contributed by atoms with Crippen molar-refractivity contribution >= 4 is 38.9 Å². The highest BCUT2D eigenvalue weighted by atomic mass is 32.1. The van der Waals surface area contributed by atoms with Crippen LogP contribution in [0.3, 0.4) is 0 Å². The van der Waals surface area contributed by atoms with Crippen LogP contribution in [-0.2, 0) is 4.79 Å². The summed E-state index contributed by atoms with van der Waals surface area (Å²) in [7, 11) is 0. The first-order chi connectivity index (χ1) is 10.1. The zero-order valence-corrected chi connectivity index (χ0v) is 12.1. The van der Waals surface area contributed by atoms with Gasteiger partial charge in [0.2, 0.25) is 5.91 Å². The number of thiophene rings is 1. The van der Waals surface area contributed by atoms with Crippen LogP contribution in [0.4, 0.5) is 5.69 Å². The molecule has 3 N–H and O–H groups in total. The van der Waals surface area contributed by atoms with Gasteiger partial charge in [0.1, 0.15) is 0 Å². The predicted molar refractivity (Wildman–Crippen MR) is 83.7 cm³/mol. The summed E-state index contributed by atoms with van der Waals surface area (Å²) in [5, 5.41) is 12.2. The quantitative estimate of drug-likeness (QED) is 0.351. The lowest BCUT2D eigenvalue weighted by Gasteiger charge is -2.01. The molecule has 0 spiro atoms. The molecule has 0 aliphatic heterocycles. The Hall–Kier alpha value is -2.44. The maximum Gasteiger partial charge on any atom is 0.284 e. The molecule has 5 nitrogen and oxygen atoms in total. The van der Waals surface area contributed by atoms with E-state index in [-0.39, 0.29) is 5.91 Å². The summed E-state index contributed by atoms with van der Waals surface area (Å²) < 4.78 is 0.899. The number of anilines is 1. The van der Waals surface area contributed by atoms with Crippen molar-refractivity contribution in [3.05, 3.63) is 53.4 Å². The van der Waals surface area contributed by atoms with Crippen molar-refractivity contribution in [2.75, 3.05) is 5.32 Å². The Morgan fingerprint density at radius 1 is 1.24 bits per heavy atom. The Morgan fingerprint density at radius 2 is 2.05 bits per heavy atom. The number of amides is 2. The van der Waals surface area contributed by atoms with Gasteiger partial charge in [0.15, 0.2) is 0 Å². The van der Waals surface area contributed by atoms with Crippen LogP contribution in [0.2, 0.25) is 0 Å². The highest BCUT2D eigenvalue weighted by Gasteiger charge is 2.09. The molecular weight excluding hydrogens is 288 g/mol. The molecule has 0 saturated carbocycles. The van der Waals surface area contributed by atoms with Crippen LogP contribution in [0.5, 0.6) is 0 Å². The van der Waals surface area contributed by atoms with Gasteiger partial charge < -0.3 is 5.32 Å². The van der Waals surface area contributed by atoms with E-state index in [0.717, 1.165) is 10.1 Å². The monoisotopic (exact) mass is 302 g/mol. The average Bonchev–Trinajstić information content (AvgIpc) is 2.90. The van der Waals surface area contributed by atoms with E-state index in [0.29, 0.717) is 10.6 Å². The van der Waals surface area contributed by atoms with Gasteiger partial charge in [-0.25, -0.2) is 5.48 Å². The van der Waals surface area contributed by atoms with Crippen LogP contribution in [0.15, 0.2) is 48.6 Å². The van der Waals surface area contributed by atoms with Crippen molar-refractivity contribution in [3.8, 4) is 0 Å². The zero-order chi connectivity index (χ0) is 15.2. The second-order valence-corrected chi connectivity index (χ2v) is 5.26. The average molecular weight is 302 g/mol. The maximum atomic E-state index is 11.7. The first-order valence-corrected chi connectivity index (χ1v) is 7.04. The maximum absolute atomic E-state index is 11.7. The number of fused-ring (bicyclic) bond motifs is 1. The topological polar surface area (TPSA) is 78.4 Å². The minimum absolute atomic E-state index is 0.226. The molecular formula is C15H14N2O3S. The number of rotatable bonds is 4. The Kier molecular flexibility index (Phi) is 4.86. The number of nitrogens with one attached hydrogen (secondary N) is 2. The van der Waals surface area contributed by atoms with Crippen molar-refractivity contribution in [1.29, 1.82) is 0 Å². The summed E-state index contributed by atoms with van der Waals surface area (Å²) >= 11 is 1.27. The Balaban J connectivity index is 2.19. The van der Waals surface area contributed by atoms with E-state index in [1.165, 1.54) is 17.4 Å². The molecule has 2 rings (SSSR count). The van der Waals surface area contributed by atoms with Gasteiger partial charge in [0.25, 0.3) is 5.91 Å². The third-order valence-corrected chi connectivity index (χ3v) is 3.78. The first kappa shape index (κ1) is 15.0. The molecule has 0 aliphatic rings. The third-order valence-electron chi connectivity index (χ3n) is 2.66. The van der Waals surface area contributed by atoms with E-state index in [9.17, 15) is 9.59 Å². The second kappa shape index (κ2) is 6.83. The van der Waals surface area contributed by atoms with Crippen molar-refractivity contribution in [3.63, 3.8) is 0 Å². The number of carbonyl (C=O) groups is 2. The molecule has 6 heteroatoms. The number of benzene rings is 1. The zero-order valence-electron chi connectivity index (χ0n) is 11.3. The van der Waals surface area contributed by atoms with Gasteiger partial charge in [0.05, 0.1) is 4.88 Å². The molecule has 0 saturated heterocycles. The highest BCUT2D eigenvalue weighted by molar-refractivity contribution is 7.20. The van der Waals surface area contributed by atoms with Crippen molar-refractivity contribution < 1.29 is 14.8 Å². The Bertz CT molecular complexity index is 732. The Labute approximate surface area is 125 Å². The molecule has 0 unspecified atom stereocenters. The summed E-state index contributed by atoms with van der Waals surface area (Å²) in [6, 6.07) is 7.03. The van der Waals surface area contributed by atoms with Crippen molar-refractivity contribution in [2.45, 2.75) is 6.92 Å². The van der Waals surface area contributed by atoms with E-state index in [4.69, 9.17) is 5.21 Å². The van der Waals surface area contributed by atoms with Crippen molar-refractivity contribution in [2.24, 2.45) is 0 Å². The van der Waals surface area contributed by atoms with Gasteiger partial charge >= 0.3 is 0 Å².